The van der Waals surface area contributed by atoms with Crippen molar-refractivity contribution < 1.29 is 19.4 Å². The molecule has 0 radical (unpaired) electrons. The third-order valence-electron chi connectivity index (χ3n) is 4.07. The van der Waals surface area contributed by atoms with Gasteiger partial charge >= 0.3 is 0 Å². The SMILES string of the molecule is CCCCCCOc1cc(-c2ccc(/C=C/C(=O)[O-])cc2)ccc1OC. The van der Waals surface area contributed by atoms with Crippen LogP contribution in [0.15, 0.2) is 48.5 Å². The minimum absolute atomic E-state index is 0.673. The smallest absolute Gasteiger partial charge is 0.161 e. The molecule has 0 saturated carbocycles. The first-order valence-corrected chi connectivity index (χ1v) is 8.94. The molecule has 138 valence electrons. The van der Waals surface area contributed by atoms with Crippen LogP contribution < -0.4 is 14.6 Å². The molecule has 2 rings (SSSR count). The molecular formula is C22H25O4-. The van der Waals surface area contributed by atoms with Crippen molar-refractivity contribution in [3.05, 3.63) is 54.1 Å². The maximum atomic E-state index is 10.5. The maximum Gasteiger partial charge on any atom is 0.161 e. The van der Waals surface area contributed by atoms with Crippen LogP contribution in [0.3, 0.4) is 0 Å². The summed E-state index contributed by atoms with van der Waals surface area (Å²) in [4.78, 5) is 10.5. The number of benzene rings is 2. The standard InChI is InChI=1S/C22H26O4/c1-3-4-5-6-15-26-21-16-19(12-13-20(21)25-2)18-10-7-17(8-11-18)9-14-22(23)24/h7-14,16H,3-6,15H2,1-2H3,(H,23,24)/p-1/b14-9+. The summed E-state index contributed by atoms with van der Waals surface area (Å²) in [5.41, 5.74) is 2.85. The average molecular weight is 353 g/mol. The van der Waals surface area contributed by atoms with Crippen LogP contribution in [0.1, 0.15) is 38.2 Å². The first-order chi connectivity index (χ1) is 12.6. The molecule has 0 heterocycles. The molecule has 0 bridgehead atoms. The molecule has 0 aromatic heterocycles. The summed E-state index contributed by atoms with van der Waals surface area (Å²) < 4.78 is 11.3. The van der Waals surface area contributed by atoms with Gasteiger partial charge in [-0.25, -0.2) is 0 Å². The number of carboxylic acids is 1. The number of ether oxygens (including phenoxy) is 2. The number of methoxy groups -OCH3 is 1. The Labute approximate surface area is 155 Å². The van der Waals surface area contributed by atoms with Crippen molar-refractivity contribution in [2.75, 3.05) is 13.7 Å². The van der Waals surface area contributed by atoms with E-state index >= 15 is 0 Å². The molecule has 0 aliphatic rings. The van der Waals surface area contributed by atoms with Gasteiger partial charge in [0.15, 0.2) is 11.5 Å². The number of hydrogen-bond donors (Lipinski definition) is 0. The fraction of sp³-hybridized carbons (Fsp3) is 0.318. The Morgan fingerprint density at radius 3 is 2.38 bits per heavy atom. The van der Waals surface area contributed by atoms with E-state index < -0.39 is 5.97 Å². The lowest BCUT2D eigenvalue weighted by molar-refractivity contribution is -0.297. The summed E-state index contributed by atoms with van der Waals surface area (Å²) in [6.07, 6.45) is 7.15. The number of carboxylic acid groups (broad SMARTS) is 1. The third kappa shape index (κ3) is 5.96. The van der Waals surface area contributed by atoms with Gasteiger partial charge in [-0.2, -0.15) is 0 Å². The zero-order valence-corrected chi connectivity index (χ0v) is 15.4. The van der Waals surface area contributed by atoms with Crippen molar-refractivity contribution in [2.45, 2.75) is 32.6 Å². The zero-order valence-electron chi connectivity index (χ0n) is 15.4. The molecule has 0 amide bonds. The van der Waals surface area contributed by atoms with Gasteiger partial charge < -0.3 is 19.4 Å². The Morgan fingerprint density at radius 2 is 1.73 bits per heavy atom. The second-order valence-electron chi connectivity index (χ2n) is 6.05. The van der Waals surface area contributed by atoms with Gasteiger partial charge in [-0.1, -0.05) is 62.6 Å². The molecular weight excluding hydrogens is 328 g/mol. The Hall–Kier alpha value is -2.75. The molecule has 2 aromatic carbocycles. The number of carbonyl (C=O) groups is 1. The lowest BCUT2D eigenvalue weighted by Gasteiger charge is -2.13. The predicted octanol–water partition coefficient (Wildman–Crippen LogP) is 4.08. The molecule has 0 spiro atoms. The molecule has 0 saturated heterocycles. The largest absolute Gasteiger partial charge is 0.545 e. The van der Waals surface area contributed by atoms with Crippen LogP contribution in [0.25, 0.3) is 17.2 Å². The van der Waals surface area contributed by atoms with E-state index in [-0.39, 0.29) is 0 Å². The second kappa shape index (κ2) is 10.3. The molecule has 0 unspecified atom stereocenters. The van der Waals surface area contributed by atoms with E-state index in [2.05, 4.69) is 6.92 Å². The van der Waals surface area contributed by atoms with Crippen LogP contribution in [0.5, 0.6) is 11.5 Å². The van der Waals surface area contributed by atoms with Crippen LogP contribution in [-0.4, -0.2) is 19.7 Å². The van der Waals surface area contributed by atoms with Crippen LogP contribution in [0, 0.1) is 0 Å². The van der Waals surface area contributed by atoms with Crippen molar-refractivity contribution in [3.8, 4) is 22.6 Å². The van der Waals surface area contributed by atoms with Gasteiger partial charge in [0.05, 0.1) is 19.7 Å². The van der Waals surface area contributed by atoms with Gasteiger partial charge in [0.25, 0.3) is 0 Å². The van der Waals surface area contributed by atoms with E-state index in [1.807, 2.05) is 42.5 Å². The monoisotopic (exact) mass is 353 g/mol. The van der Waals surface area contributed by atoms with Crippen LogP contribution in [0.4, 0.5) is 0 Å². The molecule has 0 N–H and O–H groups in total. The normalized spacial score (nSPS) is 10.8. The summed E-state index contributed by atoms with van der Waals surface area (Å²) >= 11 is 0. The molecule has 4 heteroatoms. The van der Waals surface area contributed by atoms with Crippen molar-refractivity contribution >= 4 is 12.0 Å². The van der Waals surface area contributed by atoms with E-state index in [0.29, 0.717) is 6.61 Å². The Bertz CT molecular complexity index is 732. The lowest BCUT2D eigenvalue weighted by atomic mass is 10.0. The highest BCUT2D eigenvalue weighted by Gasteiger charge is 2.07. The highest BCUT2D eigenvalue weighted by Crippen LogP contribution is 2.33. The fourth-order valence-electron chi connectivity index (χ4n) is 2.63. The summed E-state index contributed by atoms with van der Waals surface area (Å²) in [6.45, 7) is 2.86. The minimum Gasteiger partial charge on any atom is -0.545 e. The number of unbranched alkanes of at least 4 members (excludes halogenated alkanes) is 3. The second-order valence-corrected chi connectivity index (χ2v) is 6.05. The number of rotatable bonds is 10. The number of aliphatic carboxylic acids is 1. The molecule has 0 fully saturated rings. The first kappa shape index (κ1) is 19.6. The highest BCUT2D eigenvalue weighted by molar-refractivity contribution is 5.83. The Balaban J connectivity index is 2.11. The Morgan fingerprint density at radius 1 is 1.00 bits per heavy atom. The molecule has 26 heavy (non-hydrogen) atoms. The maximum absolute atomic E-state index is 10.5. The fourth-order valence-corrected chi connectivity index (χ4v) is 2.63. The first-order valence-electron chi connectivity index (χ1n) is 8.94. The molecule has 0 aliphatic carbocycles. The topological polar surface area (TPSA) is 58.6 Å². The van der Waals surface area contributed by atoms with Gasteiger partial charge in [-0.3, -0.25) is 0 Å². The van der Waals surface area contributed by atoms with Crippen molar-refractivity contribution in [3.63, 3.8) is 0 Å². The van der Waals surface area contributed by atoms with Gasteiger partial charge in [0, 0.05) is 0 Å². The van der Waals surface area contributed by atoms with Crippen LogP contribution in [0.2, 0.25) is 0 Å². The summed E-state index contributed by atoms with van der Waals surface area (Å²) in [5, 5.41) is 10.5. The molecule has 0 aliphatic heterocycles. The van der Waals surface area contributed by atoms with Crippen LogP contribution in [-0.2, 0) is 4.79 Å². The van der Waals surface area contributed by atoms with E-state index in [4.69, 9.17) is 9.47 Å². The van der Waals surface area contributed by atoms with Crippen molar-refractivity contribution in [1.82, 2.24) is 0 Å². The van der Waals surface area contributed by atoms with E-state index in [0.717, 1.165) is 40.7 Å². The summed E-state index contributed by atoms with van der Waals surface area (Å²) in [7, 11) is 1.64. The van der Waals surface area contributed by atoms with E-state index in [9.17, 15) is 9.90 Å². The van der Waals surface area contributed by atoms with E-state index in [1.165, 1.54) is 25.3 Å². The zero-order chi connectivity index (χ0) is 18.8. The van der Waals surface area contributed by atoms with Gasteiger partial charge in [-0.05, 0) is 41.3 Å². The average Bonchev–Trinajstić information content (AvgIpc) is 2.66. The molecule has 4 nitrogen and oxygen atoms in total. The quantitative estimate of drug-likeness (QED) is 0.477. The Kier molecular flexibility index (Phi) is 7.75. The van der Waals surface area contributed by atoms with Crippen LogP contribution >= 0.6 is 0 Å². The van der Waals surface area contributed by atoms with Gasteiger partial charge in [0.2, 0.25) is 0 Å². The van der Waals surface area contributed by atoms with Crippen molar-refractivity contribution in [1.29, 1.82) is 0 Å². The number of carbonyl (C=O) groups excluding carboxylic acids is 1. The van der Waals surface area contributed by atoms with Crippen molar-refractivity contribution in [2.24, 2.45) is 0 Å². The summed E-state index contributed by atoms with van der Waals surface area (Å²) in [5.74, 6) is 0.255. The molecule has 0 atom stereocenters. The summed E-state index contributed by atoms with van der Waals surface area (Å²) in [6, 6.07) is 13.5. The minimum atomic E-state index is -1.20. The number of hydrogen-bond acceptors (Lipinski definition) is 4. The predicted molar refractivity (Wildman–Crippen MR) is 102 cm³/mol. The highest BCUT2D eigenvalue weighted by atomic mass is 16.5. The van der Waals surface area contributed by atoms with E-state index in [1.54, 1.807) is 7.11 Å². The molecule has 2 aromatic rings. The lowest BCUT2D eigenvalue weighted by Crippen LogP contribution is -2.18. The third-order valence-corrected chi connectivity index (χ3v) is 4.07. The van der Waals surface area contributed by atoms with Gasteiger partial charge in [-0.15, -0.1) is 0 Å². The van der Waals surface area contributed by atoms with Gasteiger partial charge in [0.1, 0.15) is 0 Å².